The molecule has 0 spiro atoms. The molecule has 0 atom stereocenters. The predicted octanol–water partition coefficient (Wildman–Crippen LogP) is 1.38. The van der Waals surface area contributed by atoms with Crippen LogP contribution >= 0.6 is 11.3 Å². The molecule has 2 aromatic rings. The number of thiophene rings is 1. The number of likely N-dealkylation sites (N-methyl/N-ethyl adjacent to an activating group) is 1. The van der Waals surface area contributed by atoms with Crippen LogP contribution in [-0.4, -0.2) is 58.3 Å². The summed E-state index contributed by atoms with van der Waals surface area (Å²) < 4.78 is 0. The van der Waals surface area contributed by atoms with E-state index in [1.807, 2.05) is 19.0 Å². The van der Waals surface area contributed by atoms with E-state index in [2.05, 4.69) is 38.7 Å². The van der Waals surface area contributed by atoms with Crippen LogP contribution in [0.4, 0.5) is 0 Å². The van der Waals surface area contributed by atoms with Crippen molar-refractivity contribution in [1.82, 2.24) is 25.2 Å². The number of nitrogens with zero attached hydrogens (tertiary/aromatic N) is 4. The summed E-state index contributed by atoms with van der Waals surface area (Å²) in [6, 6.07) is 2.07. The Bertz CT molecular complexity index is 549. The van der Waals surface area contributed by atoms with Crippen LogP contribution in [0.15, 0.2) is 17.6 Å². The number of hydrogen-bond donors (Lipinski definition) is 1. The van der Waals surface area contributed by atoms with Crippen molar-refractivity contribution in [2.45, 2.75) is 13.5 Å². The molecule has 0 bridgehead atoms. The number of nitrogens with one attached hydrogen (secondary N) is 1. The summed E-state index contributed by atoms with van der Waals surface area (Å²) in [4.78, 5) is 17.5. The number of hydrogen-bond acceptors (Lipinski definition) is 5. The lowest BCUT2D eigenvalue weighted by atomic mass is 10.2. The predicted molar refractivity (Wildman–Crippen MR) is 78.7 cm³/mol. The SMILES string of the molecule is Cc1ccsc1CN(CCN(C)C)C(=O)c1cn[nH]n1. The normalized spacial score (nSPS) is 11.0. The smallest absolute Gasteiger partial charge is 0.276 e. The lowest BCUT2D eigenvalue weighted by molar-refractivity contribution is 0.0727. The quantitative estimate of drug-likeness (QED) is 0.874. The van der Waals surface area contributed by atoms with Crippen molar-refractivity contribution in [2.75, 3.05) is 27.2 Å². The maximum atomic E-state index is 12.4. The van der Waals surface area contributed by atoms with Gasteiger partial charge in [-0.1, -0.05) is 0 Å². The van der Waals surface area contributed by atoms with Gasteiger partial charge in [0.2, 0.25) is 0 Å². The van der Waals surface area contributed by atoms with Crippen molar-refractivity contribution in [3.63, 3.8) is 0 Å². The molecule has 0 aliphatic carbocycles. The molecule has 0 fully saturated rings. The van der Waals surface area contributed by atoms with E-state index >= 15 is 0 Å². The minimum absolute atomic E-state index is 0.0894. The molecule has 0 radical (unpaired) electrons. The van der Waals surface area contributed by atoms with Crippen LogP contribution in [0.2, 0.25) is 0 Å². The molecule has 0 aromatic carbocycles. The highest BCUT2D eigenvalue weighted by atomic mass is 32.1. The summed E-state index contributed by atoms with van der Waals surface area (Å²) in [6.07, 6.45) is 1.46. The van der Waals surface area contributed by atoms with Gasteiger partial charge < -0.3 is 9.80 Å². The molecule has 1 amide bonds. The Labute approximate surface area is 122 Å². The Morgan fingerprint density at radius 2 is 2.20 bits per heavy atom. The number of carbonyl (C=O) groups is 1. The molecular weight excluding hydrogens is 274 g/mol. The number of aryl methyl sites for hydroxylation is 1. The van der Waals surface area contributed by atoms with Crippen LogP contribution in [0.3, 0.4) is 0 Å². The highest BCUT2D eigenvalue weighted by Crippen LogP contribution is 2.18. The van der Waals surface area contributed by atoms with E-state index < -0.39 is 0 Å². The van der Waals surface area contributed by atoms with Crippen LogP contribution in [0.25, 0.3) is 0 Å². The topological polar surface area (TPSA) is 65.1 Å². The largest absolute Gasteiger partial charge is 0.331 e. The Balaban J connectivity index is 2.12. The molecule has 0 saturated heterocycles. The second-order valence-corrected chi connectivity index (χ2v) is 5.91. The second-order valence-electron chi connectivity index (χ2n) is 4.91. The zero-order chi connectivity index (χ0) is 14.5. The van der Waals surface area contributed by atoms with Gasteiger partial charge in [-0.05, 0) is 38.0 Å². The summed E-state index contributed by atoms with van der Waals surface area (Å²) in [6.45, 7) is 4.16. The Morgan fingerprint density at radius 1 is 1.40 bits per heavy atom. The number of aromatic nitrogens is 3. The molecule has 2 rings (SSSR count). The molecule has 0 aliphatic rings. The molecule has 2 aromatic heterocycles. The number of amides is 1. The van der Waals surface area contributed by atoms with Crippen molar-refractivity contribution in [3.8, 4) is 0 Å². The monoisotopic (exact) mass is 293 g/mol. The highest BCUT2D eigenvalue weighted by Gasteiger charge is 2.19. The van der Waals surface area contributed by atoms with Gasteiger partial charge in [0.15, 0.2) is 5.69 Å². The third-order valence-corrected chi connectivity index (χ3v) is 4.05. The van der Waals surface area contributed by atoms with Gasteiger partial charge in [0.25, 0.3) is 5.91 Å². The summed E-state index contributed by atoms with van der Waals surface area (Å²) >= 11 is 1.68. The molecule has 1 N–H and O–H groups in total. The Kier molecular flexibility index (Phi) is 4.86. The molecule has 0 aliphatic heterocycles. The van der Waals surface area contributed by atoms with Crippen molar-refractivity contribution in [2.24, 2.45) is 0 Å². The van der Waals surface area contributed by atoms with Crippen LogP contribution < -0.4 is 0 Å². The standard InChI is InChI=1S/C13H19N5OS/c1-10-4-7-20-12(10)9-18(6-5-17(2)3)13(19)11-8-14-16-15-11/h4,7-8H,5-6,9H2,1-3H3,(H,14,15,16). The van der Waals surface area contributed by atoms with E-state index in [1.165, 1.54) is 16.6 Å². The van der Waals surface area contributed by atoms with E-state index in [-0.39, 0.29) is 5.91 Å². The molecular formula is C13H19N5OS. The third-order valence-electron chi connectivity index (χ3n) is 3.04. The zero-order valence-corrected chi connectivity index (χ0v) is 12.8. The maximum absolute atomic E-state index is 12.4. The van der Waals surface area contributed by atoms with Gasteiger partial charge in [0.1, 0.15) is 0 Å². The fourth-order valence-electron chi connectivity index (χ4n) is 1.78. The molecule has 6 nitrogen and oxygen atoms in total. The number of aromatic amines is 1. The fourth-order valence-corrected chi connectivity index (χ4v) is 2.70. The van der Waals surface area contributed by atoms with E-state index in [4.69, 9.17) is 0 Å². The van der Waals surface area contributed by atoms with Gasteiger partial charge in [0.05, 0.1) is 12.7 Å². The van der Waals surface area contributed by atoms with Gasteiger partial charge in [-0.2, -0.15) is 15.4 Å². The first-order chi connectivity index (χ1) is 9.58. The van der Waals surface area contributed by atoms with E-state index in [9.17, 15) is 4.79 Å². The van der Waals surface area contributed by atoms with Crippen molar-refractivity contribution in [1.29, 1.82) is 0 Å². The van der Waals surface area contributed by atoms with Gasteiger partial charge in [-0.15, -0.1) is 11.3 Å². The molecule has 20 heavy (non-hydrogen) atoms. The van der Waals surface area contributed by atoms with Gasteiger partial charge in [-0.3, -0.25) is 4.79 Å². The minimum Gasteiger partial charge on any atom is -0.331 e. The van der Waals surface area contributed by atoms with Crippen molar-refractivity contribution in [3.05, 3.63) is 33.8 Å². The molecule has 2 heterocycles. The lowest BCUT2D eigenvalue weighted by Crippen LogP contribution is -2.36. The Morgan fingerprint density at radius 3 is 2.75 bits per heavy atom. The summed E-state index contributed by atoms with van der Waals surface area (Å²) in [7, 11) is 3.99. The Hall–Kier alpha value is -1.73. The fraction of sp³-hybridized carbons (Fsp3) is 0.462. The first-order valence-electron chi connectivity index (χ1n) is 6.40. The van der Waals surface area contributed by atoms with E-state index in [0.29, 0.717) is 18.8 Å². The first-order valence-corrected chi connectivity index (χ1v) is 7.28. The molecule has 0 saturated carbocycles. The minimum atomic E-state index is -0.0894. The second kappa shape index (κ2) is 6.62. The van der Waals surface area contributed by atoms with Crippen LogP contribution in [0.5, 0.6) is 0 Å². The van der Waals surface area contributed by atoms with Crippen LogP contribution in [0.1, 0.15) is 20.9 Å². The highest BCUT2D eigenvalue weighted by molar-refractivity contribution is 7.10. The molecule has 0 unspecified atom stereocenters. The van der Waals surface area contributed by atoms with Crippen LogP contribution in [-0.2, 0) is 6.54 Å². The first kappa shape index (κ1) is 14.7. The number of carbonyl (C=O) groups excluding carboxylic acids is 1. The van der Waals surface area contributed by atoms with Gasteiger partial charge in [-0.25, -0.2) is 0 Å². The molecule has 7 heteroatoms. The zero-order valence-electron chi connectivity index (χ0n) is 12.0. The van der Waals surface area contributed by atoms with Crippen molar-refractivity contribution >= 4 is 17.2 Å². The number of rotatable bonds is 6. The average Bonchev–Trinajstić information content (AvgIpc) is 3.05. The maximum Gasteiger partial charge on any atom is 0.276 e. The van der Waals surface area contributed by atoms with Gasteiger partial charge >= 0.3 is 0 Å². The van der Waals surface area contributed by atoms with E-state index in [0.717, 1.165) is 6.54 Å². The van der Waals surface area contributed by atoms with E-state index in [1.54, 1.807) is 11.3 Å². The van der Waals surface area contributed by atoms with Crippen LogP contribution in [0, 0.1) is 6.92 Å². The summed E-state index contributed by atoms with van der Waals surface area (Å²) in [5.41, 5.74) is 1.58. The summed E-state index contributed by atoms with van der Waals surface area (Å²) in [5, 5.41) is 12.1. The van der Waals surface area contributed by atoms with Gasteiger partial charge in [0, 0.05) is 18.0 Å². The molecule has 108 valence electrons. The third kappa shape index (κ3) is 3.64. The average molecular weight is 293 g/mol. The van der Waals surface area contributed by atoms with Crippen molar-refractivity contribution < 1.29 is 4.79 Å². The lowest BCUT2D eigenvalue weighted by Gasteiger charge is -2.23. The number of H-pyrrole nitrogens is 1. The summed E-state index contributed by atoms with van der Waals surface area (Å²) in [5.74, 6) is -0.0894.